The molecule has 1 unspecified atom stereocenters. The van der Waals surface area contributed by atoms with Gasteiger partial charge in [-0.15, -0.1) is 15.3 Å². The summed E-state index contributed by atoms with van der Waals surface area (Å²) in [6, 6.07) is 9.56. The minimum atomic E-state index is -1.18. The fourth-order valence-corrected chi connectivity index (χ4v) is 4.81. The third-order valence-corrected chi connectivity index (χ3v) is 6.89. The SMILES string of the molecule is COCC(C)Nc1nc(Nc2c(C)cc(C)cc2C)nc(NCCCOC(=O)COCC(=O)O)c1N=Nc1nn(-c2cccnc2)cc1C#N. The van der Waals surface area contributed by atoms with Gasteiger partial charge in [-0.25, -0.2) is 14.3 Å². The van der Waals surface area contributed by atoms with Crippen LogP contribution in [0, 0.1) is 32.1 Å². The fraction of sp³-hybridized carbons (Fsp3) is 0.364. The van der Waals surface area contributed by atoms with Gasteiger partial charge in [-0.3, -0.25) is 4.98 Å². The molecule has 3 aromatic heterocycles. The van der Waals surface area contributed by atoms with Crippen molar-refractivity contribution in [1.29, 1.82) is 5.26 Å². The number of aliphatic carboxylic acids is 1. The topological polar surface area (TPSA) is 223 Å². The van der Waals surface area contributed by atoms with Gasteiger partial charge in [-0.1, -0.05) is 17.7 Å². The standard InChI is InChI=1S/C33H39N11O6/c1-20-12-21(2)28(22(3)13-20)38-33-39-31(36-10-7-11-50-27(47)19-49-18-26(45)46)29(32(40-33)37-23(4)17-48-5)41-42-30-24(14-34)16-44(43-30)25-8-6-9-35-15-25/h6,8-9,12-13,15-16,23H,7,10-11,17-19H2,1-5H3,(H,45,46)(H3,36,37,38,39,40). The lowest BCUT2D eigenvalue weighted by molar-refractivity contribution is -0.152. The maximum Gasteiger partial charge on any atom is 0.332 e. The number of carboxylic acids is 1. The predicted molar refractivity (Wildman–Crippen MR) is 184 cm³/mol. The van der Waals surface area contributed by atoms with Crippen molar-refractivity contribution >= 4 is 46.7 Å². The summed E-state index contributed by atoms with van der Waals surface area (Å²) in [4.78, 5) is 36.1. The monoisotopic (exact) mass is 685 g/mol. The molecule has 50 heavy (non-hydrogen) atoms. The highest BCUT2D eigenvalue weighted by Crippen LogP contribution is 2.36. The van der Waals surface area contributed by atoms with E-state index in [2.05, 4.69) is 54.5 Å². The summed E-state index contributed by atoms with van der Waals surface area (Å²) in [5.41, 5.74) is 5.05. The van der Waals surface area contributed by atoms with Gasteiger partial charge in [0, 0.05) is 31.6 Å². The first-order chi connectivity index (χ1) is 24.1. The smallest absolute Gasteiger partial charge is 0.332 e. The van der Waals surface area contributed by atoms with Crippen LogP contribution < -0.4 is 16.0 Å². The van der Waals surface area contributed by atoms with Gasteiger partial charge in [0.25, 0.3) is 0 Å². The molecule has 1 aromatic carbocycles. The van der Waals surface area contributed by atoms with E-state index < -0.39 is 25.2 Å². The Bertz CT molecular complexity index is 1830. The number of benzene rings is 1. The number of aryl methyl sites for hydroxylation is 3. The zero-order valence-electron chi connectivity index (χ0n) is 28.4. The fourth-order valence-electron chi connectivity index (χ4n) is 4.81. The lowest BCUT2D eigenvalue weighted by Crippen LogP contribution is -2.22. The summed E-state index contributed by atoms with van der Waals surface area (Å²) in [5.74, 6) is -0.902. The summed E-state index contributed by atoms with van der Waals surface area (Å²) in [7, 11) is 1.59. The molecule has 0 aliphatic heterocycles. The lowest BCUT2D eigenvalue weighted by atomic mass is 10.1. The second-order valence-electron chi connectivity index (χ2n) is 11.2. The van der Waals surface area contributed by atoms with Gasteiger partial charge in [-0.05, 0) is 57.4 Å². The van der Waals surface area contributed by atoms with Gasteiger partial charge in [0.15, 0.2) is 17.3 Å². The lowest BCUT2D eigenvalue weighted by Gasteiger charge is -2.19. The summed E-state index contributed by atoms with van der Waals surface area (Å²) in [6.45, 7) is 7.54. The van der Waals surface area contributed by atoms with Crippen molar-refractivity contribution in [3.8, 4) is 11.8 Å². The molecule has 0 spiro atoms. The molecule has 17 nitrogen and oxygen atoms in total. The van der Waals surface area contributed by atoms with Crippen molar-refractivity contribution in [2.24, 2.45) is 10.2 Å². The second kappa shape index (κ2) is 18.0. The molecule has 4 rings (SSSR count). The molecule has 0 aliphatic carbocycles. The Hall–Kier alpha value is -5.99. The van der Waals surface area contributed by atoms with E-state index in [1.54, 1.807) is 31.6 Å². The number of nitriles is 1. The number of hydrogen-bond donors (Lipinski definition) is 4. The summed E-state index contributed by atoms with van der Waals surface area (Å²) >= 11 is 0. The molecule has 17 heteroatoms. The van der Waals surface area contributed by atoms with E-state index in [-0.39, 0.29) is 42.2 Å². The average molecular weight is 686 g/mol. The molecular formula is C33H39N11O6. The van der Waals surface area contributed by atoms with E-state index >= 15 is 0 Å². The van der Waals surface area contributed by atoms with Gasteiger partial charge in [0.1, 0.15) is 24.8 Å². The highest BCUT2D eigenvalue weighted by atomic mass is 16.6. The number of aromatic nitrogens is 5. The quantitative estimate of drug-likeness (QED) is 0.0621. The van der Waals surface area contributed by atoms with Crippen LogP contribution in [0.25, 0.3) is 5.69 Å². The molecule has 0 aliphatic rings. The number of hydrogen-bond acceptors (Lipinski definition) is 15. The van der Waals surface area contributed by atoms with Crippen LogP contribution in [0.1, 0.15) is 35.6 Å². The van der Waals surface area contributed by atoms with Gasteiger partial charge >= 0.3 is 11.9 Å². The molecule has 0 saturated heterocycles. The van der Waals surface area contributed by atoms with Crippen molar-refractivity contribution in [2.75, 3.05) is 56.0 Å². The highest BCUT2D eigenvalue weighted by molar-refractivity contribution is 5.77. The number of rotatable bonds is 18. The number of anilines is 4. The van der Waals surface area contributed by atoms with Gasteiger partial charge in [0.05, 0.1) is 31.3 Å². The Balaban J connectivity index is 1.68. The largest absolute Gasteiger partial charge is 0.480 e. The van der Waals surface area contributed by atoms with Crippen molar-refractivity contribution in [3.05, 3.63) is 65.1 Å². The molecule has 0 saturated carbocycles. The molecule has 0 bridgehead atoms. The highest BCUT2D eigenvalue weighted by Gasteiger charge is 2.19. The van der Waals surface area contributed by atoms with E-state index in [4.69, 9.17) is 29.3 Å². The third-order valence-electron chi connectivity index (χ3n) is 6.89. The Morgan fingerprint density at radius 2 is 1.88 bits per heavy atom. The predicted octanol–water partition coefficient (Wildman–Crippen LogP) is 4.91. The van der Waals surface area contributed by atoms with Gasteiger partial charge in [-0.2, -0.15) is 15.2 Å². The number of azo groups is 1. The van der Waals surface area contributed by atoms with E-state index in [0.29, 0.717) is 30.4 Å². The van der Waals surface area contributed by atoms with Gasteiger partial charge in [0.2, 0.25) is 11.8 Å². The van der Waals surface area contributed by atoms with Crippen molar-refractivity contribution in [3.63, 3.8) is 0 Å². The second-order valence-corrected chi connectivity index (χ2v) is 11.2. The van der Waals surface area contributed by atoms with Crippen molar-refractivity contribution in [1.82, 2.24) is 24.7 Å². The number of carbonyl (C=O) groups excluding carboxylic acids is 1. The van der Waals surface area contributed by atoms with Crippen LogP contribution in [-0.2, 0) is 23.8 Å². The molecule has 0 radical (unpaired) electrons. The number of methoxy groups -OCH3 is 1. The van der Waals surface area contributed by atoms with E-state index in [1.165, 1.54) is 10.9 Å². The molecule has 1 atom stereocenters. The van der Waals surface area contributed by atoms with Crippen LogP contribution in [-0.4, -0.2) is 87.9 Å². The number of nitrogens with one attached hydrogen (secondary N) is 3. The number of pyridine rings is 1. The molecule has 4 N–H and O–H groups in total. The maximum absolute atomic E-state index is 11.9. The summed E-state index contributed by atoms with van der Waals surface area (Å²) in [5, 5.41) is 41.7. The molecule has 262 valence electrons. The molecule has 0 amide bonds. The minimum Gasteiger partial charge on any atom is -0.480 e. The summed E-state index contributed by atoms with van der Waals surface area (Å²) < 4.78 is 16.7. The van der Waals surface area contributed by atoms with Crippen LogP contribution in [0.2, 0.25) is 0 Å². The van der Waals surface area contributed by atoms with Crippen LogP contribution in [0.3, 0.4) is 0 Å². The molecule has 3 heterocycles. The molecule has 4 aromatic rings. The van der Waals surface area contributed by atoms with Gasteiger partial charge < -0.3 is 35.3 Å². The van der Waals surface area contributed by atoms with Crippen molar-refractivity contribution in [2.45, 2.75) is 40.2 Å². The first kappa shape index (κ1) is 36.8. The number of ether oxygens (including phenoxy) is 3. The molecule has 0 fully saturated rings. The van der Waals surface area contributed by atoms with E-state index in [1.807, 2.05) is 27.7 Å². The number of esters is 1. The first-order valence-corrected chi connectivity index (χ1v) is 15.6. The normalized spacial score (nSPS) is 11.6. The third kappa shape index (κ3) is 10.5. The maximum atomic E-state index is 11.9. The summed E-state index contributed by atoms with van der Waals surface area (Å²) in [6.07, 6.45) is 5.14. The Kier molecular flexibility index (Phi) is 13.2. The minimum absolute atomic E-state index is 0.0321. The Morgan fingerprint density at radius 3 is 2.56 bits per heavy atom. The van der Waals surface area contributed by atoms with E-state index in [9.17, 15) is 14.9 Å². The first-order valence-electron chi connectivity index (χ1n) is 15.6. The van der Waals surface area contributed by atoms with E-state index in [0.717, 1.165) is 22.4 Å². The zero-order valence-corrected chi connectivity index (χ0v) is 28.4. The van der Waals surface area contributed by atoms with Crippen LogP contribution >= 0.6 is 0 Å². The molecular weight excluding hydrogens is 646 g/mol. The Morgan fingerprint density at radius 1 is 1.12 bits per heavy atom. The van der Waals surface area contributed by atoms with Crippen LogP contribution in [0.4, 0.5) is 34.8 Å². The zero-order chi connectivity index (χ0) is 36.0. The number of carbonyl (C=O) groups is 2. The number of carboxylic acid groups (broad SMARTS) is 1. The number of nitrogens with zero attached hydrogens (tertiary/aromatic N) is 8. The average Bonchev–Trinajstić information content (AvgIpc) is 3.49. The Labute approximate surface area is 288 Å². The van der Waals surface area contributed by atoms with Crippen LogP contribution in [0.5, 0.6) is 0 Å². The van der Waals surface area contributed by atoms with Crippen molar-refractivity contribution < 1.29 is 28.9 Å². The van der Waals surface area contributed by atoms with Crippen LogP contribution in [0.15, 0.2) is 53.1 Å².